The van der Waals surface area contributed by atoms with Crippen LogP contribution in [-0.2, 0) is 6.42 Å². The summed E-state index contributed by atoms with van der Waals surface area (Å²) in [5.74, 6) is 0.0226. The van der Waals surface area contributed by atoms with Crippen molar-refractivity contribution >= 4 is 5.78 Å². The highest BCUT2D eigenvalue weighted by Crippen LogP contribution is 2.17. The molecule has 0 saturated carbocycles. The quantitative estimate of drug-likeness (QED) is 0.863. The summed E-state index contributed by atoms with van der Waals surface area (Å²) >= 11 is 0. The normalized spacial score (nSPS) is 12.2. The number of carbonyl (C=O) groups is 1. The third-order valence-corrected chi connectivity index (χ3v) is 3.74. The van der Waals surface area contributed by atoms with Crippen molar-refractivity contribution in [1.82, 2.24) is 0 Å². The summed E-state index contributed by atoms with van der Waals surface area (Å²) in [7, 11) is 0. The third-order valence-electron chi connectivity index (χ3n) is 3.74. The fourth-order valence-electron chi connectivity index (χ4n) is 2.39. The molecule has 0 amide bonds. The second-order valence-corrected chi connectivity index (χ2v) is 5.41. The Balaban J connectivity index is 2.21. The molecule has 2 aromatic carbocycles. The van der Waals surface area contributed by atoms with Crippen molar-refractivity contribution in [3.63, 3.8) is 0 Å². The van der Waals surface area contributed by atoms with Crippen LogP contribution in [0.2, 0.25) is 0 Å². The predicted molar refractivity (Wildman–Crippen MR) is 83.1 cm³/mol. The topological polar surface area (TPSA) is 43.1 Å². The molecule has 2 nitrogen and oxygen atoms in total. The Morgan fingerprint density at radius 2 is 1.60 bits per heavy atom. The van der Waals surface area contributed by atoms with E-state index in [1.165, 1.54) is 5.56 Å². The molecule has 0 aliphatic heterocycles. The average Bonchev–Trinajstić information content (AvgIpc) is 2.43. The maximum atomic E-state index is 12.5. The molecule has 0 heterocycles. The monoisotopic (exact) mass is 267 g/mol. The van der Waals surface area contributed by atoms with Gasteiger partial charge in [0.25, 0.3) is 0 Å². The van der Waals surface area contributed by atoms with Crippen LogP contribution in [0.3, 0.4) is 0 Å². The van der Waals surface area contributed by atoms with E-state index in [2.05, 4.69) is 13.0 Å². The molecule has 0 radical (unpaired) electrons. The van der Waals surface area contributed by atoms with E-state index in [0.29, 0.717) is 6.42 Å². The number of benzene rings is 2. The first-order valence-corrected chi connectivity index (χ1v) is 6.90. The first-order chi connectivity index (χ1) is 9.49. The van der Waals surface area contributed by atoms with E-state index in [4.69, 9.17) is 5.73 Å². The summed E-state index contributed by atoms with van der Waals surface area (Å²) in [6.45, 7) is 6.05. The second-order valence-electron chi connectivity index (χ2n) is 5.41. The Morgan fingerprint density at radius 3 is 2.25 bits per heavy atom. The van der Waals surface area contributed by atoms with Crippen molar-refractivity contribution in [3.8, 4) is 0 Å². The van der Waals surface area contributed by atoms with Gasteiger partial charge in [-0.25, -0.2) is 0 Å². The minimum Gasteiger partial charge on any atom is -0.321 e. The maximum absolute atomic E-state index is 12.5. The molecular formula is C18H21NO. The van der Waals surface area contributed by atoms with Gasteiger partial charge in [0.15, 0.2) is 5.78 Å². The van der Waals surface area contributed by atoms with E-state index in [9.17, 15) is 4.79 Å². The summed E-state index contributed by atoms with van der Waals surface area (Å²) in [5, 5.41) is 0. The summed E-state index contributed by atoms with van der Waals surface area (Å²) in [5.41, 5.74) is 11.3. The van der Waals surface area contributed by atoms with E-state index in [-0.39, 0.29) is 5.78 Å². The van der Waals surface area contributed by atoms with Crippen molar-refractivity contribution in [2.75, 3.05) is 0 Å². The van der Waals surface area contributed by atoms with Gasteiger partial charge in [-0.3, -0.25) is 4.79 Å². The summed E-state index contributed by atoms with van der Waals surface area (Å²) in [6.07, 6.45) is 0.575. The zero-order valence-corrected chi connectivity index (χ0v) is 12.3. The van der Waals surface area contributed by atoms with E-state index < -0.39 is 6.04 Å². The van der Waals surface area contributed by atoms with Gasteiger partial charge >= 0.3 is 0 Å². The van der Waals surface area contributed by atoms with Crippen LogP contribution >= 0.6 is 0 Å². The van der Waals surface area contributed by atoms with Gasteiger partial charge in [-0.15, -0.1) is 0 Å². The average molecular weight is 267 g/mol. The summed E-state index contributed by atoms with van der Waals surface area (Å²) in [6, 6.07) is 13.4. The SMILES string of the molecule is Cc1cc(C)c(C(=O)C(N)Cc2ccccc2)cc1C. The van der Waals surface area contributed by atoms with Crippen LogP contribution in [-0.4, -0.2) is 11.8 Å². The highest BCUT2D eigenvalue weighted by Gasteiger charge is 2.18. The van der Waals surface area contributed by atoms with Gasteiger partial charge < -0.3 is 5.73 Å². The molecule has 0 bridgehead atoms. The lowest BCUT2D eigenvalue weighted by atomic mass is 9.93. The number of hydrogen-bond donors (Lipinski definition) is 1. The molecule has 2 N–H and O–H groups in total. The summed E-state index contributed by atoms with van der Waals surface area (Å²) < 4.78 is 0. The van der Waals surface area contributed by atoms with Gasteiger partial charge in [-0.2, -0.15) is 0 Å². The van der Waals surface area contributed by atoms with Crippen LogP contribution in [0.25, 0.3) is 0 Å². The zero-order chi connectivity index (χ0) is 14.7. The molecule has 0 spiro atoms. The van der Waals surface area contributed by atoms with Gasteiger partial charge in [-0.1, -0.05) is 36.4 Å². The molecular weight excluding hydrogens is 246 g/mol. The largest absolute Gasteiger partial charge is 0.321 e. The fraction of sp³-hybridized carbons (Fsp3) is 0.278. The van der Waals surface area contributed by atoms with Crippen LogP contribution in [0.15, 0.2) is 42.5 Å². The van der Waals surface area contributed by atoms with Crippen molar-refractivity contribution in [2.45, 2.75) is 33.2 Å². The lowest BCUT2D eigenvalue weighted by Crippen LogP contribution is -2.33. The zero-order valence-electron chi connectivity index (χ0n) is 12.3. The van der Waals surface area contributed by atoms with Crippen LogP contribution in [0.5, 0.6) is 0 Å². The number of aryl methyl sites for hydroxylation is 3. The number of ketones is 1. The van der Waals surface area contributed by atoms with Crippen molar-refractivity contribution in [3.05, 3.63) is 70.3 Å². The Hall–Kier alpha value is -1.93. The molecule has 0 aliphatic rings. The first-order valence-electron chi connectivity index (χ1n) is 6.90. The lowest BCUT2D eigenvalue weighted by Gasteiger charge is -2.14. The van der Waals surface area contributed by atoms with Crippen molar-refractivity contribution in [2.24, 2.45) is 5.73 Å². The molecule has 1 unspecified atom stereocenters. The minimum atomic E-state index is -0.488. The Labute approximate surface area is 120 Å². The molecule has 20 heavy (non-hydrogen) atoms. The number of rotatable bonds is 4. The van der Waals surface area contributed by atoms with Gasteiger partial charge in [0.2, 0.25) is 0 Å². The number of nitrogens with two attached hydrogens (primary N) is 1. The van der Waals surface area contributed by atoms with Crippen LogP contribution < -0.4 is 5.73 Å². The van der Waals surface area contributed by atoms with Crippen LogP contribution in [0.1, 0.15) is 32.6 Å². The molecule has 0 saturated heterocycles. The Morgan fingerprint density at radius 1 is 1.00 bits per heavy atom. The van der Waals surface area contributed by atoms with E-state index in [1.807, 2.05) is 50.2 Å². The second kappa shape index (κ2) is 6.02. The third kappa shape index (κ3) is 3.14. The highest BCUT2D eigenvalue weighted by atomic mass is 16.1. The Bertz CT molecular complexity index is 617. The smallest absolute Gasteiger partial charge is 0.180 e. The number of Topliss-reactive ketones (excluding diaryl/α,β-unsaturated/α-hetero) is 1. The van der Waals surface area contributed by atoms with Crippen molar-refractivity contribution in [1.29, 1.82) is 0 Å². The van der Waals surface area contributed by atoms with Crippen LogP contribution in [0.4, 0.5) is 0 Å². The first kappa shape index (κ1) is 14.5. The van der Waals surface area contributed by atoms with Crippen molar-refractivity contribution < 1.29 is 4.79 Å². The van der Waals surface area contributed by atoms with E-state index in [1.54, 1.807) is 0 Å². The molecule has 0 aliphatic carbocycles. The Kier molecular flexibility index (Phi) is 4.35. The van der Waals surface area contributed by atoms with Gasteiger partial charge in [0.1, 0.15) is 0 Å². The van der Waals surface area contributed by atoms with Gasteiger partial charge in [0, 0.05) is 5.56 Å². The standard InChI is InChI=1S/C18H21NO/c1-12-9-14(3)16(10-13(12)2)18(20)17(19)11-15-7-5-4-6-8-15/h4-10,17H,11,19H2,1-3H3. The number of carbonyl (C=O) groups excluding carboxylic acids is 1. The highest BCUT2D eigenvalue weighted by molar-refractivity contribution is 6.01. The minimum absolute atomic E-state index is 0.0226. The molecule has 0 aromatic heterocycles. The molecule has 2 heteroatoms. The van der Waals surface area contributed by atoms with Crippen LogP contribution in [0, 0.1) is 20.8 Å². The molecule has 0 fully saturated rings. The molecule has 2 aromatic rings. The molecule has 2 rings (SSSR count). The number of hydrogen-bond acceptors (Lipinski definition) is 2. The maximum Gasteiger partial charge on any atom is 0.180 e. The molecule has 1 atom stereocenters. The van der Waals surface area contributed by atoms with E-state index in [0.717, 1.165) is 22.3 Å². The van der Waals surface area contributed by atoms with Gasteiger partial charge in [-0.05, 0) is 55.5 Å². The molecule has 104 valence electrons. The summed E-state index contributed by atoms with van der Waals surface area (Å²) in [4.78, 5) is 12.5. The lowest BCUT2D eigenvalue weighted by molar-refractivity contribution is 0.0960. The van der Waals surface area contributed by atoms with E-state index >= 15 is 0 Å². The fourth-order valence-corrected chi connectivity index (χ4v) is 2.39. The van der Waals surface area contributed by atoms with Gasteiger partial charge in [0.05, 0.1) is 6.04 Å². The predicted octanol–water partition coefficient (Wildman–Crippen LogP) is 3.36.